The van der Waals surface area contributed by atoms with Crippen LogP contribution in [0.4, 0.5) is 5.82 Å². The highest BCUT2D eigenvalue weighted by Crippen LogP contribution is 2.39. The maximum absolute atomic E-state index is 11.6. The summed E-state index contributed by atoms with van der Waals surface area (Å²) in [6.07, 6.45) is 3.79. The lowest BCUT2D eigenvalue weighted by molar-refractivity contribution is -0.140. The fourth-order valence-corrected chi connectivity index (χ4v) is 4.98. The number of fused-ring (bicyclic) bond motifs is 3. The van der Waals surface area contributed by atoms with Crippen molar-refractivity contribution < 1.29 is 15.0 Å². The minimum atomic E-state index is -1.12. The zero-order valence-corrected chi connectivity index (χ0v) is 16.5. The quantitative estimate of drug-likeness (QED) is 0.590. The molecule has 0 unspecified atom stereocenters. The fraction of sp³-hybridized carbons (Fsp3) is 0.381. The molecule has 6 nitrogen and oxygen atoms in total. The number of nitrogens with one attached hydrogen (secondary N) is 1. The van der Waals surface area contributed by atoms with Crippen molar-refractivity contribution in [3.8, 4) is 0 Å². The maximum Gasteiger partial charge on any atom is 0.328 e. The number of carboxylic acid groups (broad SMARTS) is 1. The molecule has 2 aromatic heterocycles. The van der Waals surface area contributed by atoms with Crippen molar-refractivity contribution in [1.29, 1.82) is 0 Å². The van der Waals surface area contributed by atoms with Crippen molar-refractivity contribution in [2.75, 3.05) is 5.32 Å². The molecule has 2 heterocycles. The third-order valence-corrected chi connectivity index (χ3v) is 6.29. The molecule has 3 N–H and O–H groups in total. The first-order chi connectivity index (χ1) is 13.5. The normalized spacial score (nSPS) is 15.8. The molecule has 0 saturated carbocycles. The average Bonchev–Trinajstić information content (AvgIpc) is 3.04. The molecule has 1 aromatic carbocycles. The summed E-state index contributed by atoms with van der Waals surface area (Å²) in [6.45, 7) is 1.47. The van der Waals surface area contributed by atoms with E-state index in [1.165, 1.54) is 17.4 Å². The Morgan fingerprint density at radius 1 is 1.21 bits per heavy atom. The largest absolute Gasteiger partial charge is 0.480 e. The van der Waals surface area contributed by atoms with Gasteiger partial charge in [-0.1, -0.05) is 30.3 Å². The standard InChI is InChI=1S/C21H23N3O3S/c1-12(25)18(21(26)27)24-19-17-14-9-5-6-10-15(14)28-20(17)23-16(22-19)11-13-7-3-2-4-8-13/h2-4,7-8,12,18,25H,5-6,9-11H2,1H3,(H,26,27)(H,22,23,24)/t12-,18+/m1/s1. The van der Waals surface area contributed by atoms with Gasteiger partial charge in [-0.2, -0.15) is 0 Å². The number of carbonyl (C=O) groups is 1. The minimum absolute atomic E-state index is 0.517. The molecule has 7 heteroatoms. The van der Waals surface area contributed by atoms with Crippen LogP contribution in [-0.4, -0.2) is 38.3 Å². The van der Waals surface area contributed by atoms with Crippen LogP contribution in [0, 0.1) is 0 Å². The predicted octanol–water partition coefficient (Wildman–Crippen LogP) is 3.41. The highest BCUT2D eigenvalue weighted by molar-refractivity contribution is 7.19. The van der Waals surface area contributed by atoms with Gasteiger partial charge < -0.3 is 15.5 Å². The molecular formula is C21H23N3O3S. The van der Waals surface area contributed by atoms with Gasteiger partial charge in [-0.15, -0.1) is 11.3 Å². The van der Waals surface area contributed by atoms with Crippen LogP contribution in [0.5, 0.6) is 0 Å². The molecule has 28 heavy (non-hydrogen) atoms. The molecule has 1 aliphatic carbocycles. The smallest absolute Gasteiger partial charge is 0.328 e. The predicted molar refractivity (Wildman–Crippen MR) is 110 cm³/mol. The fourth-order valence-electron chi connectivity index (χ4n) is 3.70. The second-order valence-corrected chi connectivity index (χ2v) is 8.33. The molecule has 1 aliphatic rings. The van der Waals surface area contributed by atoms with E-state index >= 15 is 0 Å². The number of nitrogens with zero attached hydrogens (tertiary/aromatic N) is 2. The second-order valence-electron chi connectivity index (χ2n) is 7.24. The zero-order valence-electron chi connectivity index (χ0n) is 15.7. The summed E-state index contributed by atoms with van der Waals surface area (Å²) in [6, 6.07) is 8.84. The zero-order chi connectivity index (χ0) is 19.7. The summed E-state index contributed by atoms with van der Waals surface area (Å²) in [5.41, 5.74) is 2.33. The van der Waals surface area contributed by atoms with Crippen molar-refractivity contribution in [2.45, 2.75) is 51.2 Å². The van der Waals surface area contributed by atoms with Crippen molar-refractivity contribution in [3.63, 3.8) is 0 Å². The van der Waals surface area contributed by atoms with E-state index in [0.717, 1.165) is 41.5 Å². The lowest BCUT2D eigenvalue weighted by Gasteiger charge is -2.19. The number of aryl methyl sites for hydroxylation is 2. The maximum atomic E-state index is 11.6. The number of anilines is 1. The van der Waals surface area contributed by atoms with Gasteiger partial charge in [0.1, 0.15) is 16.5 Å². The van der Waals surface area contributed by atoms with Gasteiger partial charge in [0, 0.05) is 11.3 Å². The number of aliphatic hydroxyl groups is 1. The summed E-state index contributed by atoms with van der Waals surface area (Å²) in [5.74, 6) is 0.0635. The molecule has 3 aromatic rings. The number of hydrogen-bond donors (Lipinski definition) is 3. The van der Waals surface area contributed by atoms with E-state index in [-0.39, 0.29) is 0 Å². The Bertz CT molecular complexity index is 1000. The summed E-state index contributed by atoms with van der Waals surface area (Å²) in [4.78, 5) is 23.3. The highest BCUT2D eigenvalue weighted by atomic mass is 32.1. The van der Waals surface area contributed by atoms with Gasteiger partial charge in [0.15, 0.2) is 6.04 Å². The van der Waals surface area contributed by atoms with E-state index < -0.39 is 18.1 Å². The van der Waals surface area contributed by atoms with Crippen LogP contribution in [0.25, 0.3) is 10.2 Å². The molecule has 2 atom stereocenters. The third kappa shape index (κ3) is 3.72. The van der Waals surface area contributed by atoms with Crippen molar-refractivity contribution in [2.24, 2.45) is 0 Å². The van der Waals surface area contributed by atoms with Gasteiger partial charge in [0.25, 0.3) is 0 Å². The molecule has 0 saturated heterocycles. The number of benzene rings is 1. The Morgan fingerprint density at radius 3 is 2.68 bits per heavy atom. The van der Waals surface area contributed by atoms with E-state index in [4.69, 9.17) is 9.97 Å². The van der Waals surface area contributed by atoms with Gasteiger partial charge in [-0.25, -0.2) is 14.8 Å². The van der Waals surface area contributed by atoms with Gasteiger partial charge in [-0.3, -0.25) is 0 Å². The minimum Gasteiger partial charge on any atom is -0.480 e. The summed E-state index contributed by atoms with van der Waals surface area (Å²) in [7, 11) is 0. The van der Waals surface area contributed by atoms with Gasteiger partial charge in [0.2, 0.25) is 0 Å². The van der Waals surface area contributed by atoms with Crippen molar-refractivity contribution >= 4 is 33.3 Å². The lowest BCUT2D eigenvalue weighted by Crippen LogP contribution is -2.39. The van der Waals surface area contributed by atoms with Crippen LogP contribution in [0.1, 0.15) is 41.6 Å². The van der Waals surface area contributed by atoms with E-state index in [1.807, 2.05) is 30.3 Å². The van der Waals surface area contributed by atoms with E-state index in [9.17, 15) is 15.0 Å². The third-order valence-electron chi connectivity index (χ3n) is 5.11. The van der Waals surface area contributed by atoms with E-state index in [1.54, 1.807) is 11.3 Å². The number of aliphatic carboxylic acids is 1. The van der Waals surface area contributed by atoms with Crippen LogP contribution in [0.2, 0.25) is 0 Å². The van der Waals surface area contributed by atoms with Crippen molar-refractivity contribution in [3.05, 3.63) is 52.2 Å². The second kappa shape index (κ2) is 7.85. The molecular weight excluding hydrogens is 374 g/mol. The molecule has 4 rings (SSSR count). The van der Waals surface area contributed by atoms with Gasteiger partial charge >= 0.3 is 5.97 Å². The van der Waals surface area contributed by atoms with Crippen LogP contribution in [0.3, 0.4) is 0 Å². The Kier molecular flexibility index (Phi) is 5.28. The summed E-state index contributed by atoms with van der Waals surface area (Å²) < 4.78 is 0. The van der Waals surface area contributed by atoms with Crippen LogP contribution in [-0.2, 0) is 24.1 Å². The van der Waals surface area contributed by atoms with Crippen LogP contribution >= 0.6 is 11.3 Å². The highest BCUT2D eigenvalue weighted by Gasteiger charge is 2.27. The molecule has 0 bridgehead atoms. The van der Waals surface area contributed by atoms with Crippen LogP contribution < -0.4 is 5.32 Å². The topological polar surface area (TPSA) is 95.3 Å². The Morgan fingerprint density at radius 2 is 1.96 bits per heavy atom. The monoisotopic (exact) mass is 397 g/mol. The van der Waals surface area contributed by atoms with E-state index in [0.29, 0.717) is 18.1 Å². The number of aliphatic hydroxyl groups excluding tert-OH is 1. The van der Waals surface area contributed by atoms with E-state index in [2.05, 4.69) is 5.32 Å². The van der Waals surface area contributed by atoms with Crippen LogP contribution in [0.15, 0.2) is 30.3 Å². The average molecular weight is 398 g/mol. The number of thiophene rings is 1. The lowest BCUT2D eigenvalue weighted by atomic mass is 9.97. The molecule has 0 spiro atoms. The first-order valence-corrected chi connectivity index (χ1v) is 10.4. The summed E-state index contributed by atoms with van der Waals surface area (Å²) in [5, 5.41) is 23.3. The number of carboxylic acids is 1. The first-order valence-electron chi connectivity index (χ1n) is 9.55. The Labute approximate surface area is 167 Å². The number of rotatable bonds is 6. The molecule has 0 aliphatic heterocycles. The Balaban J connectivity index is 1.81. The van der Waals surface area contributed by atoms with Gasteiger partial charge in [0.05, 0.1) is 11.5 Å². The summed E-state index contributed by atoms with van der Waals surface area (Å²) >= 11 is 1.68. The Hall–Kier alpha value is -2.51. The first kappa shape index (κ1) is 18.8. The van der Waals surface area contributed by atoms with Gasteiger partial charge in [-0.05, 0) is 43.7 Å². The molecule has 0 radical (unpaired) electrons. The molecule has 146 valence electrons. The number of aromatic nitrogens is 2. The SMILES string of the molecule is C[C@@H](O)[C@H](Nc1nc(Cc2ccccc2)nc2sc3c(c12)CCCC3)C(=O)O. The number of hydrogen-bond acceptors (Lipinski definition) is 6. The molecule has 0 fully saturated rings. The van der Waals surface area contributed by atoms with Crippen molar-refractivity contribution in [1.82, 2.24) is 9.97 Å². The molecule has 0 amide bonds.